The lowest BCUT2D eigenvalue weighted by Crippen LogP contribution is -2.21. The van der Waals surface area contributed by atoms with Crippen LogP contribution >= 0.6 is 0 Å². The Morgan fingerprint density at radius 2 is 1.92 bits per heavy atom. The maximum atomic E-state index is 13.1. The molecule has 1 aliphatic rings. The van der Waals surface area contributed by atoms with E-state index in [1.54, 1.807) is 11.8 Å². The van der Waals surface area contributed by atoms with Crippen molar-refractivity contribution in [3.63, 3.8) is 0 Å². The maximum absolute atomic E-state index is 13.1. The predicted molar refractivity (Wildman–Crippen MR) is 106 cm³/mol. The molecule has 26 heavy (non-hydrogen) atoms. The highest BCUT2D eigenvalue weighted by Crippen LogP contribution is 2.21. The van der Waals surface area contributed by atoms with Gasteiger partial charge in [-0.25, -0.2) is 4.68 Å². The molecule has 1 aliphatic carbocycles. The molecule has 1 N–H and O–H groups in total. The van der Waals surface area contributed by atoms with Crippen molar-refractivity contribution in [3.05, 3.63) is 45.9 Å². The Labute approximate surface area is 155 Å². The second-order valence-corrected chi connectivity index (χ2v) is 7.06. The number of rotatable bonds is 6. The molecule has 0 radical (unpaired) electrons. The summed E-state index contributed by atoms with van der Waals surface area (Å²) in [6.45, 7) is 4.11. The molecule has 0 saturated heterocycles. The Hall–Kier alpha value is -2.30. The summed E-state index contributed by atoms with van der Waals surface area (Å²) in [5, 5.41) is 3.31. The van der Waals surface area contributed by atoms with Crippen molar-refractivity contribution in [1.29, 1.82) is 0 Å². The van der Waals surface area contributed by atoms with Crippen LogP contribution in [0.15, 0.2) is 34.1 Å². The molecule has 3 rings (SSSR count). The molecule has 1 aromatic carbocycles. The van der Waals surface area contributed by atoms with E-state index in [1.165, 1.54) is 19.3 Å². The van der Waals surface area contributed by atoms with Gasteiger partial charge in [0.15, 0.2) is 0 Å². The summed E-state index contributed by atoms with van der Waals surface area (Å²) in [5.74, 6) is 0.775. The zero-order chi connectivity index (χ0) is 18.5. The van der Waals surface area contributed by atoms with Crippen LogP contribution in [-0.2, 0) is 6.42 Å². The highest BCUT2D eigenvalue weighted by atomic mass is 16.5. The van der Waals surface area contributed by atoms with E-state index in [9.17, 15) is 4.79 Å². The third-order valence-corrected chi connectivity index (χ3v) is 5.11. The van der Waals surface area contributed by atoms with Crippen molar-refractivity contribution >= 4 is 5.71 Å². The first-order valence-corrected chi connectivity index (χ1v) is 9.67. The number of H-pyrrole nitrogens is 1. The quantitative estimate of drug-likeness (QED) is 0.787. The van der Waals surface area contributed by atoms with Crippen molar-refractivity contribution < 1.29 is 4.74 Å². The molecule has 1 saturated carbocycles. The minimum atomic E-state index is -0.0179. The molecule has 5 nitrogen and oxygen atoms in total. The van der Waals surface area contributed by atoms with Gasteiger partial charge < -0.3 is 4.74 Å². The molecular formula is C21H29N3O2. The van der Waals surface area contributed by atoms with Crippen LogP contribution in [0.5, 0.6) is 5.75 Å². The van der Waals surface area contributed by atoms with E-state index in [-0.39, 0.29) is 5.56 Å². The van der Waals surface area contributed by atoms with Gasteiger partial charge in [0, 0.05) is 11.4 Å². The third kappa shape index (κ3) is 3.92. The zero-order valence-corrected chi connectivity index (χ0v) is 16.0. The largest absolute Gasteiger partial charge is 0.497 e. The van der Waals surface area contributed by atoms with Gasteiger partial charge in [0.1, 0.15) is 5.75 Å². The Balaban J connectivity index is 1.99. The van der Waals surface area contributed by atoms with Gasteiger partial charge in [0.2, 0.25) is 0 Å². The fraction of sp³-hybridized carbons (Fsp3) is 0.524. The first kappa shape index (κ1) is 18.5. The molecular weight excluding hydrogens is 326 g/mol. The lowest BCUT2D eigenvalue weighted by molar-refractivity contribution is 0.414. The molecule has 0 aliphatic heterocycles. The van der Waals surface area contributed by atoms with Crippen LogP contribution in [-0.4, -0.2) is 28.6 Å². The summed E-state index contributed by atoms with van der Waals surface area (Å²) in [6.07, 6.45) is 7.88. The van der Waals surface area contributed by atoms with Gasteiger partial charge in [0.25, 0.3) is 5.56 Å². The van der Waals surface area contributed by atoms with Crippen LogP contribution in [0.4, 0.5) is 0 Å². The molecule has 0 atom stereocenters. The smallest absolute Gasteiger partial charge is 0.280 e. The van der Waals surface area contributed by atoms with Gasteiger partial charge in [-0.1, -0.05) is 32.6 Å². The van der Waals surface area contributed by atoms with Crippen molar-refractivity contribution in [2.75, 3.05) is 7.11 Å². The molecule has 5 heteroatoms. The molecule has 2 aromatic rings. The summed E-state index contributed by atoms with van der Waals surface area (Å²) in [6, 6.07) is 7.88. The number of hydrogen-bond donors (Lipinski definition) is 1. The van der Waals surface area contributed by atoms with Gasteiger partial charge in [-0.15, -0.1) is 0 Å². The van der Waals surface area contributed by atoms with E-state index < -0.39 is 0 Å². The topological polar surface area (TPSA) is 59.4 Å². The Kier molecular flexibility index (Phi) is 5.96. The Morgan fingerprint density at radius 3 is 2.54 bits per heavy atom. The number of aromatic nitrogens is 2. The second kappa shape index (κ2) is 8.39. The lowest BCUT2D eigenvalue weighted by atomic mass is 9.95. The summed E-state index contributed by atoms with van der Waals surface area (Å²) < 4.78 is 6.83. The van der Waals surface area contributed by atoms with E-state index in [0.29, 0.717) is 6.04 Å². The first-order chi connectivity index (χ1) is 12.6. The first-order valence-electron chi connectivity index (χ1n) is 9.67. The number of aromatic amines is 1. The molecule has 0 spiro atoms. The van der Waals surface area contributed by atoms with Crippen LogP contribution in [0.1, 0.15) is 63.6 Å². The fourth-order valence-corrected chi connectivity index (χ4v) is 3.75. The van der Waals surface area contributed by atoms with Crippen LogP contribution in [0.3, 0.4) is 0 Å². The molecule has 1 fully saturated rings. The minimum absolute atomic E-state index is 0.0179. The van der Waals surface area contributed by atoms with Crippen molar-refractivity contribution in [2.45, 2.75) is 64.8 Å². The van der Waals surface area contributed by atoms with E-state index in [4.69, 9.17) is 9.73 Å². The summed E-state index contributed by atoms with van der Waals surface area (Å²) in [4.78, 5) is 18.0. The van der Waals surface area contributed by atoms with E-state index >= 15 is 0 Å². The van der Waals surface area contributed by atoms with Gasteiger partial charge >= 0.3 is 0 Å². The second-order valence-electron chi connectivity index (χ2n) is 7.06. The monoisotopic (exact) mass is 355 g/mol. The van der Waals surface area contributed by atoms with Crippen molar-refractivity contribution in [2.24, 2.45) is 4.99 Å². The highest BCUT2D eigenvalue weighted by Gasteiger charge is 2.19. The summed E-state index contributed by atoms with van der Waals surface area (Å²) >= 11 is 0. The zero-order valence-electron chi connectivity index (χ0n) is 16.0. The summed E-state index contributed by atoms with van der Waals surface area (Å²) in [5.41, 5.74) is 3.38. The van der Waals surface area contributed by atoms with Gasteiger partial charge in [-0.2, -0.15) is 0 Å². The standard InChI is InChI=1S/C21H29N3O2/c1-4-8-19-20(15(2)22-16-9-6-5-7-10-16)21(25)24(23-19)17-11-13-18(26-3)14-12-17/h11-14,16,23H,4-10H2,1-3H3. The number of nitrogens with zero attached hydrogens (tertiary/aromatic N) is 2. The SMILES string of the molecule is CCCc1[nH]n(-c2ccc(OC)cc2)c(=O)c1C(C)=NC1CCCCC1. The number of hydrogen-bond acceptors (Lipinski definition) is 3. The lowest BCUT2D eigenvalue weighted by Gasteiger charge is -2.18. The Bertz CT molecular complexity index is 809. The van der Waals surface area contributed by atoms with E-state index in [0.717, 1.165) is 54.1 Å². The average molecular weight is 355 g/mol. The highest BCUT2D eigenvalue weighted by molar-refractivity contribution is 5.99. The maximum Gasteiger partial charge on any atom is 0.280 e. The van der Waals surface area contributed by atoms with Gasteiger partial charge in [0.05, 0.1) is 24.4 Å². The van der Waals surface area contributed by atoms with Crippen molar-refractivity contribution in [3.8, 4) is 11.4 Å². The number of ether oxygens (including phenoxy) is 1. The number of aryl methyl sites for hydroxylation is 1. The summed E-state index contributed by atoms with van der Waals surface area (Å²) in [7, 11) is 1.64. The van der Waals surface area contributed by atoms with E-state index in [2.05, 4.69) is 12.0 Å². The van der Waals surface area contributed by atoms with Crippen molar-refractivity contribution in [1.82, 2.24) is 9.78 Å². The number of aliphatic imine (C=N–C) groups is 1. The van der Waals surface area contributed by atoms with Crippen LogP contribution in [0, 0.1) is 0 Å². The number of methoxy groups -OCH3 is 1. The number of nitrogens with one attached hydrogen (secondary N) is 1. The molecule has 1 heterocycles. The van der Waals surface area contributed by atoms with Crippen LogP contribution in [0.25, 0.3) is 5.69 Å². The predicted octanol–water partition coefficient (Wildman–Crippen LogP) is 4.27. The molecule has 1 aromatic heterocycles. The fourth-order valence-electron chi connectivity index (χ4n) is 3.75. The minimum Gasteiger partial charge on any atom is -0.497 e. The molecule has 0 unspecified atom stereocenters. The normalized spacial score (nSPS) is 16.0. The van der Waals surface area contributed by atoms with Gasteiger partial charge in [-0.05, 0) is 50.5 Å². The Morgan fingerprint density at radius 1 is 1.23 bits per heavy atom. The van der Waals surface area contributed by atoms with Gasteiger partial charge in [-0.3, -0.25) is 14.9 Å². The van der Waals surface area contributed by atoms with Crippen LogP contribution in [0.2, 0.25) is 0 Å². The molecule has 140 valence electrons. The molecule has 0 amide bonds. The number of benzene rings is 1. The van der Waals surface area contributed by atoms with E-state index in [1.807, 2.05) is 31.2 Å². The average Bonchev–Trinajstić information content (AvgIpc) is 2.99. The van der Waals surface area contributed by atoms with Crippen LogP contribution < -0.4 is 10.3 Å². The third-order valence-electron chi connectivity index (χ3n) is 5.11. The molecule has 0 bridgehead atoms.